The van der Waals surface area contributed by atoms with Crippen LogP contribution in [0.15, 0.2) is 42.6 Å². The molecule has 0 bridgehead atoms. The predicted octanol–water partition coefficient (Wildman–Crippen LogP) is 9.03. The Bertz CT molecular complexity index is 728. The lowest BCUT2D eigenvalue weighted by Crippen LogP contribution is -2.15. The molecule has 2 nitrogen and oxygen atoms in total. The number of hydrogen-bond acceptors (Lipinski definition) is 2. The van der Waals surface area contributed by atoms with Gasteiger partial charge in [-0.3, -0.25) is 4.98 Å². The maximum atomic E-state index is 5.82. The highest BCUT2D eigenvalue weighted by Crippen LogP contribution is 2.34. The molecule has 2 heteroatoms. The number of rotatable bonds is 14. The van der Waals surface area contributed by atoms with Crippen LogP contribution in [0.4, 0.5) is 0 Å². The number of nitrogens with zero attached hydrogens (tertiary/aromatic N) is 1. The van der Waals surface area contributed by atoms with Crippen molar-refractivity contribution in [2.45, 2.75) is 104 Å². The second kappa shape index (κ2) is 14.3. The van der Waals surface area contributed by atoms with E-state index in [0.717, 1.165) is 41.9 Å². The predicted molar refractivity (Wildman–Crippen MR) is 137 cm³/mol. The van der Waals surface area contributed by atoms with Crippen molar-refractivity contribution in [2.24, 2.45) is 11.8 Å². The Hall–Kier alpha value is -1.83. The van der Waals surface area contributed by atoms with Gasteiger partial charge in [-0.15, -0.1) is 0 Å². The molecule has 3 rings (SSSR count). The van der Waals surface area contributed by atoms with E-state index in [1.807, 2.05) is 0 Å². The lowest BCUT2D eigenvalue weighted by Gasteiger charge is -2.28. The van der Waals surface area contributed by atoms with Crippen LogP contribution >= 0.6 is 0 Å². The minimum atomic E-state index is 0.806. The molecule has 2 aromatic rings. The van der Waals surface area contributed by atoms with Gasteiger partial charge in [0.25, 0.3) is 0 Å². The fourth-order valence-corrected chi connectivity index (χ4v) is 5.05. The number of unbranched alkanes of at least 4 members (excludes halogenated alkanes) is 5. The highest BCUT2D eigenvalue weighted by Gasteiger charge is 2.20. The van der Waals surface area contributed by atoms with E-state index in [1.165, 1.54) is 89.0 Å². The van der Waals surface area contributed by atoms with Crippen LogP contribution in [0.2, 0.25) is 0 Å². The highest BCUT2D eigenvalue weighted by atomic mass is 16.5. The second-order valence-electron chi connectivity index (χ2n) is 9.91. The smallest absolute Gasteiger partial charge is 0.119 e. The molecule has 32 heavy (non-hydrogen) atoms. The van der Waals surface area contributed by atoms with Crippen molar-refractivity contribution in [3.8, 4) is 17.0 Å². The average Bonchev–Trinajstić information content (AvgIpc) is 2.85. The fourth-order valence-electron chi connectivity index (χ4n) is 5.05. The van der Waals surface area contributed by atoms with E-state index in [9.17, 15) is 0 Å². The summed E-state index contributed by atoms with van der Waals surface area (Å²) in [4.78, 5) is 4.75. The standard InChI is InChI=1S/C30H45NO/c1-3-5-7-8-10-25-11-13-26(14-12-25)15-16-27-17-22-30(31-24-27)28-18-20-29(21-19-28)32-23-9-6-4-2/h17-22,24-26H,3-16,23H2,1-2H3/t25-,26-. The van der Waals surface area contributed by atoms with Crippen molar-refractivity contribution in [2.75, 3.05) is 6.61 Å². The first-order chi connectivity index (χ1) is 15.8. The van der Waals surface area contributed by atoms with E-state index in [0.29, 0.717) is 0 Å². The van der Waals surface area contributed by atoms with Crippen LogP contribution in [0.1, 0.15) is 103 Å². The van der Waals surface area contributed by atoms with Crippen molar-refractivity contribution in [1.29, 1.82) is 0 Å². The van der Waals surface area contributed by atoms with Crippen molar-refractivity contribution in [3.63, 3.8) is 0 Å². The highest BCUT2D eigenvalue weighted by molar-refractivity contribution is 5.60. The summed E-state index contributed by atoms with van der Waals surface area (Å²) in [5.41, 5.74) is 3.59. The van der Waals surface area contributed by atoms with E-state index in [1.54, 1.807) is 0 Å². The molecule has 0 aliphatic heterocycles. The van der Waals surface area contributed by atoms with Crippen LogP contribution in [0.25, 0.3) is 11.3 Å². The lowest BCUT2D eigenvalue weighted by atomic mass is 9.78. The van der Waals surface area contributed by atoms with Gasteiger partial charge in [0.05, 0.1) is 12.3 Å². The largest absolute Gasteiger partial charge is 0.494 e. The minimum absolute atomic E-state index is 0.806. The van der Waals surface area contributed by atoms with E-state index < -0.39 is 0 Å². The van der Waals surface area contributed by atoms with Gasteiger partial charge in [0, 0.05) is 11.8 Å². The summed E-state index contributed by atoms with van der Waals surface area (Å²) < 4.78 is 5.82. The Balaban J connectivity index is 1.37. The van der Waals surface area contributed by atoms with Crippen LogP contribution < -0.4 is 4.74 Å². The summed E-state index contributed by atoms with van der Waals surface area (Å²) in [7, 11) is 0. The monoisotopic (exact) mass is 435 g/mol. The molecular formula is C30H45NO. The molecule has 1 fully saturated rings. The molecule has 1 aliphatic rings. The molecule has 1 aromatic heterocycles. The van der Waals surface area contributed by atoms with Gasteiger partial charge < -0.3 is 4.74 Å². The maximum Gasteiger partial charge on any atom is 0.119 e. The Morgan fingerprint density at radius 1 is 0.750 bits per heavy atom. The summed E-state index contributed by atoms with van der Waals surface area (Å²) in [5.74, 6) is 2.89. The van der Waals surface area contributed by atoms with E-state index >= 15 is 0 Å². The van der Waals surface area contributed by atoms with Crippen LogP contribution in [-0.4, -0.2) is 11.6 Å². The molecular weight excluding hydrogens is 390 g/mol. The number of pyridine rings is 1. The maximum absolute atomic E-state index is 5.82. The van der Waals surface area contributed by atoms with Crippen molar-refractivity contribution in [3.05, 3.63) is 48.2 Å². The third-order valence-electron chi connectivity index (χ3n) is 7.26. The van der Waals surface area contributed by atoms with Crippen LogP contribution in [-0.2, 0) is 6.42 Å². The molecule has 1 aliphatic carbocycles. The molecule has 0 atom stereocenters. The van der Waals surface area contributed by atoms with Gasteiger partial charge in [-0.1, -0.05) is 90.5 Å². The molecule has 0 amide bonds. The van der Waals surface area contributed by atoms with Gasteiger partial charge >= 0.3 is 0 Å². The Labute approximate surface area is 197 Å². The van der Waals surface area contributed by atoms with E-state index in [4.69, 9.17) is 9.72 Å². The Morgan fingerprint density at radius 3 is 2.09 bits per heavy atom. The fraction of sp³-hybridized carbons (Fsp3) is 0.633. The molecule has 0 radical (unpaired) electrons. The van der Waals surface area contributed by atoms with Gasteiger partial charge in [-0.25, -0.2) is 0 Å². The van der Waals surface area contributed by atoms with Crippen molar-refractivity contribution in [1.82, 2.24) is 4.98 Å². The van der Waals surface area contributed by atoms with Crippen molar-refractivity contribution >= 4 is 0 Å². The molecule has 176 valence electrons. The van der Waals surface area contributed by atoms with Crippen LogP contribution in [0.3, 0.4) is 0 Å². The molecule has 1 heterocycles. The minimum Gasteiger partial charge on any atom is -0.494 e. The normalized spacial score (nSPS) is 18.6. The number of aryl methyl sites for hydroxylation is 1. The third-order valence-corrected chi connectivity index (χ3v) is 7.26. The summed E-state index contributed by atoms with van der Waals surface area (Å²) in [6.07, 6.45) is 21.1. The summed E-state index contributed by atoms with van der Waals surface area (Å²) in [6, 6.07) is 12.8. The van der Waals surface area contributed by atoms with Crippen LogP contribution in [0.5, 0.6) is 5.75 Å². The number of hydrogen-bond donors (Lipinski definition) is 0. The van der Waals surface area contributed by atoms with Crippen molar-refractivity contribution < 1.29 is 4.74 Å². The topological polar surface area (TPSA) is 22.1 Å². The molecule has 0 spiro atoms. The SMILES string of the molecule is CCCCCC[C@H]1CC[C@H](CCc2ccc(-c3ccc(OCCCCC)cc3)nc2)CC1. The first-order valence-corrected chi connectivity index (χ1v) is 13.5. The molecule has 0 N–H and O–H groups in total. The number of aromatic nitrogens is 1. The lowest BCUT2D eigenvalue weighted by molar-refractivity contribution is 0.249. The van der Waals surface area contributed by atoms with Gasteiger partial charge in [-0.05, 0) is 67.0 Å². The summed E-state index contributed by atoms with van der Waals surface area (Å²) in [5, 5.41) is 0. The zero-order chi connectivity index (χ0) is 22.4. The average molecular weight is 436 g/mol. The number of benzene rings is 1. The zero-order valence-corrected chi connectivity index (χ0v) is 20.7. The zero-order valence-electron chi connectivity index (χ0n) is 20.7. The summed E-state index contributed by atoms with van der Waals surface area (Å²) in [6.45, 7) is 5.33. The van der Waals surface area contributed by atoms with E-state index in [-0.39, 0.29) is 0 Å². The van der Waals surface area contributed by atoms with Gasteiger partial charge in [0.1, 0.15) is 5.75 Å². The second-order valence-corrected chi connectivity index (χ2v) is 9.91. The van der Waals surface area contributed by atoms with E-state index in [2.05, 4.69) is 56.4 Å². The molecule has 1 saturated carbocycles. The van der Waals surface area contributed by atoms with Gasteiger partial charge in [0.15, 0.2) is 0 Å². The molecule has 0 saturated heterocycles. The summed E-state index contributed by atoms with van der Waals surface area (Å²) >= 11 is 0. The Morgan fingerprint density at radius 2 is 1.44 bits per heavy atom. The third kappa shape index (κ3) is 8.60. The first-order valence-electron chi connectivity index (χ1n) is 13.5. The molecule has 0 unspecified atom stereocenters. The van der Waals surface area contributed by atoms with Crippen LogP contribution in [0, 0.1) is 11.8 Å². The first kappa shape index (κ1) is 24.8. The van der Waals surface area contributed by atoms with Gasteiger partial charge in [-0.2, -0.15) is 0 Å². The Kier molecular flexibility index (Phi) is 11.1. The molecule has 1 aromatic carbocycles. The quantitative estimate of drug-likeness (QED) is 0.276. The number of ether oxygens (including phenoxy) is 1. The van der Waals surface area contributed by atoms with Gasteiger partial charge in [0.2, 0.25) is 0 Å².